The van der Waals surface area contributed by atoms with Crippen LogP contribution in [0.3, 0.4) is 0 Å². The van der Waals surface area contributed by atoms with Crippen molar-refractivity contribution in [2.24, 2.45) is 0 Å². The minimum Gasteiger partial charge on any atom is -0.475 e. The van der Waals surface area contributed by atoms with Crippen LogP contribution >= 0.6 is 7.82 Å². The first-order valence-corrected chi connectivity index (χ1v) is 6.88. The molecule has 0 aromatic heterocycles. The summed E-state index contributed by atoms with van der Waals surface area (Å²) in [6.07, 6.45) is 0.862. The Kier molecular flexibility index (Phi) is 4.35. The van der Waals surface area contributed by atoms with Crippen molar-refractivity contribution < 1.29 is 43.5 Å². The SMILES string of the molecule is CCc1ccc(OOOP2(=O)OOC(O)=C(O)O2)cc1. The Balaban J connectivity index is 1.85. The van der Waals surface area contributed by atoms with E-state index in [0.717, 1.165) is 12.0 Å². The zero-order valence-corrected chi connectivity index (χ0v) is 11.1. The first-order valence-electron chi connectivity index (χ1n) is 5.42. The van der Waals surface area contributed by atoms with E-state index in [-0.39, 0.29) is 5.75 Å². The molecule has 1 aliphatic rings. The highest BCUT2D eigenvalue weighted by molar-refractivity contribution is 7.48. The number of hydrogen-bond donors (Lipinski definition) is 2. The molecule has 0 spiro atoms. The van der Waals surface area contributed by atoms with Gasteiger partial charge in [-0.05, 0) is 29.2 Å². The normalized spacial score (nSPS) is 22.1. The molecule has 1 aromatic carbocycles. The third-order valence-corrected chi connectivity index (χ3v) is 3.07. The van der Waals surface area contributed by atoms with Gasteiger partial charge < -0.3 is 19.6 Å². The summed E-state index contributed by atoms with van der Waals surface area (Å²) < 4.78 is 24.1. The van der Waals surface area contributed by atoms with E-state index < -0.39 is 19.7 Å². The van der Waals surface area contributed by atoms with Gasteiger partial charge in [-0.1, -0.05) is 28.4 Å². The predicted octanol–water partition coefficient (Wildman–Crippen LogP) is 2.82. The van der Waals surface area contributed by atoms with Crippen molar-refractivity contribution in [2.75, 3.05) is 0 Å². The Morgan fingerprint density at radius 2 is 1.90 bits per heavy atom. The van der Waals surface area contributed by atoms with Gasteiger partial charge in [-0.3, -0.25) is 4.89 Å². The van der Waals surface area contributed by atoms with Gasteiger partial charge in [0.2, 0.25) is 0 Å². The molecule has 1 atom stereocenters. The van der Waals surface area contributed by atoms with E-state index in [0.29, 0.717) is 0 Å². The van der Waals surface area contributed by atoms with Crippen molar-refractivity contribution in [3.05, 3.63) is 41.7 Å². The monoisotopic (exact) mass is 306 g/mol. The molecule has 10 heteroatoms. The quantitative estimate of drug-likeness (QED) is 0.481. The van der Waals surface area contributed by atoms with Gasteiger partial charge in [0.1, 0.15) is 0 Å². The van der Waals surface area contributed by atoms with Crippen LogP contribution in [0.1, 0.15) is 12.5 Å². The number of aliphatic hydroxyl groups is 2. The number of phosphoric acid groups is 1. The van der Waals surface area contributed by atoms with Crippen LogP contribution in [0.2, 0.25) is 0 Å². The highest BCUT2D eigenvalue weighted by atomic mass is 31.2. The largest absolute Gasteiger partial charge is 0.600 e. The van der Waals surface area contributed by atoms with Crippen LogP contribution in [-0.4, -0.2) is 10.2 Å². The van der Waals surface area contributed by atoms with E-state index >= 15 is 0 Å². The zero-order chi connectivity index (χ0) is 14.6. The minimum atomic E-state index is -4.40. The lowest BCUT2D eigenvalue weighted by atomic mass is 10.2. The molecule has 110 valence electrons. The summed E-state index contributed by atoms with van der Waals surface area (Å²) in [4.78, 5) is 8.64. The molecule has 0 aliphatic carbocycles. The zero-order valence-electron chi connectivity index (χ0n) is 10.2. The summed E-state index contributed by atoms with van der Waals surface area (Å²) in [5.41, 5.74) is 1.09. The van der Waals surface area contributed by atoms with Crippen molar-refractivity contribution in [3.8, 4) is 5.75 Å². The Labute approximate surface area is 113 Å². The summed E-state index contributed by atoms with van der Waals surface area (Å²) in [5.74, 6) is -2.00. The van der Waals surface area contributed by atoms with Crippen molar-refractivity contribution in [3.63, 3.8) is 0 Å². The van der Waals surface area contributed by atoms with Crippen LogP contribution in [0.5, 0.6) is 5.75 Å². The van der Waals surface area contributed by atoms with E-state index in [1.807, 2.05) is 6.92 Å². The van der Waals surface area contributed by atoms with Gasteiger partial charge in [0.15, 0.2) is 5.75 Å². The molecule has 2 rings (SSSR count). The van der Waals surface area contributed by atoms with Crippen LogP contribution in [0.25, 0.3) is 0 Å². The van der Waals surface area contributed by atoms with Gasteiger partial charge in [0, 0.05) is 0 Å². The topological polar surface area (TPSA) is 113 Å². The smallest absolute Gasteiger partial charge is 0.475 e. The van der Waals surface area contributed by atoms with Crippen LogP contribution in [0.15, 0.2) is 36.2 Å². The molecule has 0 saturated carbocycles. The Morgan fingerprint density at radius 3 is 2.50 bits per heavy atom. The van der Waals surface area contributed by atoms with Gasteiger partial charge >= 0.3 is 19.7 Å². The van der Waals surface area contributed by atoms with Crippen LogP contribution in [0, 0.1) is 0 Å². The van der Waals surface area contributed by atoms with Crippen LogP contribution < -0.4 is 4.89 Å². The van der Waals surface area contributed by atoms with E-state index in [9.17, 15) is 4.57 Å². The molecule has 20 heavy (non-hydrogen) atoms. The van der Waals surface area contributed by atoms with Crippen LogP contribution in [0.4, 0.5) is 0 Å². The molecule has 0 amide bonds. The summed E-state index contributed by atoms with van der Waals surface area (Å²) in [5, 5.41) is 21.9. The predicted molar refractivity (Wildman–Crippen MR) is 61.8 cm³/mol. The molecule has 0 radical (unpaired) electrons. The molecular formula is C10H11O9P. The molecule has 0 fully saturated rings. The standard InChI is InChI=1S/C10H11O9P/c1-2-7-3-5-8(6-4-7)14-17-19-20(13)16-10(12)9(11)15-18-20/h3-6,11-12H,2H2,1H3. The summed E-state index contributed by atoms with van der Waals surface area (Å²) in [6.45, 7) is 1.99. The Hall–Kier alpha value is -1.93. The second kappa shape index (κ2) is 6.02. The second-order valence-corrected chi connectivity index (χ2v) is 4.91. The van der Waals surface area contributed by atoms with Crippen molar-refractivity contribution in [1.29, 1.82) is 0 Å². The molecule has 2 N–H and O–H groups in total. The number of benzene rings is 1. The lowest BCUT2D eigenvalue weighted by Crippen LogP contribution is -2.11. The molecule has 9 nitrogen and oxygen atoms in total. The van der Waals surface area contributed by atoms with Crippen LogP contribution in [-0.2, 0) is 34.8 Å². The third-order valence-electron chi connectivity index (χ3n) is 2.17. The molecule has 0 bridgehead atoms. The third kappa shape index (κ3) is 3.55. The Morgan fingerprint density at radius 1 is 1.20 bits per heavy atom. The molecule has 1 aromatic rings. The number of rotatable bonds is 5. The van der Waals surface area contributed by atoms with Gasteiger partial charge in [-0.2, -0.15) is 0 Å². The van der Waals surface area contributed by atoms with Crippen molar-refractivity contribution in [2.45, 2.75) is 13.3 Å². The van der Waals surface area contributed by atoms with Crippen molar-refractivity contribution >= 4 is 7.82 Å². The average Bonchev–Trinajstić information content (AvgIpc) is 2.44. The molecular weight excluding hydrogens is 295 g/mol. The first-order chi connectivity index (χ1) is 9.52. The van der Waals surface area contributed by atoms with Gasteiger partial charge in [-0.15, -0.1) is 0 Å². The van der Waals surface area contributed by atoms with E-state index in [4.69, 9.17) is 10.2 Å². The highest BCUT2D eigenvalue weighted by Crippen LogP contribution is 2.54. The molecule has 0 saturated heterocycles. The van der Waals surface area contributed by atoms with Gasteiger partial charge in [0.25, 0.3) is 0 Å². The van der Waals surface area contributed by atoms with E-state index in [2.05, 4.69) is 28.7 Å². The number of aryl methyl sites for hydroxylation is 1. The number of aliphatic hydroxyl groups excluding tert-OH is 2. The lowest BCUT2D eigenvalue weighted by Gasteiger charge is -2.18. The first kappa shape index (κ1) is 14.5. The minimum absolute atomic E-state index is 0.273. The maximum absolute atomic E-state index is 11.6. The highest BCUT2D eigenvalue weighted by Gasteiger charge is 2.41. The van der Waals surface area contributed by atoms with E-state index in [1.54, 1.807) is 24.3 Å². The van der Waals surface area contributed by atoms with Gasteiger partial charge in [-0.25, -0.2) is 4.57 Å². The van der Waals surface area contributed by atoms with Gasteiger partial charge in [0.05, 0.1) is 0 Å². The molecule has 1 unspecified atom stereocenters. The Bertz CT molecular complexity index is 538. The van der Waals surface area contributed by atoms with Crippen molar-refractivity contribution in [1.82, 2.24) is 0 Å². The maximum Gasteiger partial charge on any atom is 0.600 e. The summed E-state index contributed by atoms with van der Waals surface area (Å²) in [6, 6.07) is 6.79. The summed E-state index contributed by atoms with van der Waals surface area (Å²) >= 11 is 0. The fourth-order valence-corrected chi connectivity index (χ4v) is 1.82. The fourth-order valence-electron chi connectivity index (χ4n) is 1.18. The molecule has 1 aliphatic heterocycles. The average molecular weight is 306 g/mol. The number of hydrogen-bond acceptors (Lipinski definition) is 9. The van der Waals surface area contributed by atoms with E-state index in [1.165, 1.54) is 0 Å². The molecule has 1 heterocycles. The second-order valence-electron chi connectivity index (χ2n) is 3.53. The fraction of sp³-hybridized carbons (Fsp3) is 0.200. The maximum atomic E-state index is 11.6. The lowest BCUT2D eigenvalue weighted by molar-refractivity contribution is -0.429. The summed E-state index contributed by atoms with van der Waals surface area (Å²) in [7, 11) is -4.40.